The highest BCUT2D eigenvalue weighted by Crippen LogP contribution is 1.99. The van der Waals surface area contributed by atoms with Crippen LogP contribution in [0, 0.1) is 0 Å². The summed E-state index contributed by atoms with van der Waals surface area (Å²) in [5.74, 6) is -1.22. The molecule has 0 radical (unpaired) electrons. The van der Waals surface area contributed by atoms with Crippen LogP contribution in [0.2, 0.25) is 0 Å². The van der Waals surface area contributed by atoms with Gasteiger partial charge in [0.25, 0.3) is 0 Å². The second-order valence-electron chi connectivity index (χ2n) is 4.31. The number of carbonyl (C=O) groups excluding carboxylic acids is 2. The average Bonchev–Trinajstić information content (AvgIpc) is 2.10. The molecule has 0 aliphatic heterocycles. The molecule has 0 saturated carbocycles. The predicted molar refractivity (Wildman–Crippen MR) is 57.2 cm³/mol. The number of amides is 2. The number of aliphatic hydroxyl groups excluding tert-OH is 1. The quantitative estimate of drug-likeness (QED) is 0.639. The van der Waals surface area contributed by atoms with Gasteiger partial charge in [-0.1, -0.05) is 0 Å². The van der Waals surface area contributed by atoms with Crippen LogP contribution in [-0.2, 0) is 9.59 Å². The van der Waals surface area contributed by atoms with Crippen molar-refractivity contribution in [3.63, 3.8) is 0 Å². The smallest absolute Gasteiger partial charge is 0.311 e. The van der Waals surface area contributed by atoms with Gasteiger partial charge >= 0.3 is 11.8 Å². The number of carbonyl (C=O) groups is 2. The van der Waals surface area contributed by atoms with Gasteiger partial charge in [-0.05, 0) is 27.7 Å². The van der Waals surface area contributed by atoms with Gasteiger partial charge in [-0.15, -0.1) is 0 Å². The maximum atomic E-state index is 11.5. The van der Waals surface area contributed by atoms with E-state index in [9.17, 15) is 9.59 Å². The average molecular weight is 216 g/mol. The molecule has 0 rings (SSSR count). The van der Waals surface area contributed by atoms with Gasteiger partial charge in [-0.3, -0.25) is 9.59 Å². The van der Waals surface area contributed by atoms with E-state index in [-0.39, 0.29) is 13.2 Å². The molecule has 0 saturated heterocycles. The van der Waals surface area contributed by atoms with Crippen molar-refractivity contribution in [2.24, 2.45) is 0 Å². The Labute approximate surface area is 90.5 Å². The number of likely N-dealkylation sites (N-methyl/N-ethyl adjacent to an activating group) is 1. The maximum absolute atomic E-state index is 11.5. The number of hydrogen-bond donors (Lipinski definition) is 2. The fourth-order valence-corrected chi connectivity index (χ4v) is 1.06. The first-order valence-electron chi connectivity index (χ1n) is 5.04. The van der Waals surface area contributed by atoms with Gasteiger partial charge in [0.1, 0.15) is 0 Å². The van der Waals surface area contributed by atoms with Crippen molar-refractivity contribution in [2.75, 3.05) is 19.7 Å². The van der Waals surface area contributed by atoms with E-state index in [1.54, 1.807) is 27.7 Å². The van der Waals surface area contributed by atoms with Gasteiger partial charge in [0, 0.05) is 18.6 Å². The Morgan fingerprint density at radius 2 is 1.87 bits per heavy atom. The summed E-state index contributed by atoms with van der Waals surface area (Å²) in [4.78, 5) is 24.3. The van der Waals surface area contributed by atoms with Crippen LogP contribution in [0.15, 0.2) is 0 Å². The molecule has 88 valence electrons. The monoisotopic (exact) mass is 216 g/mol. The van der Waals surface area contributed by atoms with Crippen LogP contribution < -0.4 is 5.32 Å². The first kappa shape index (κ1) is 13.9. The van der Waals surface area contributed by atoms with Crippen LogP contribution in [-0.4, -0.2) is 47.1 Å². The molecule has 0 fully saturated rings. The second kappa shape index (κ2) is 5.70. The van der Waals surface area contributed by atoms with Crippen LogP contribution >= 0.6 is 0 Å². The molecule has 2 N–H and O–H groups in total. The lowest BCUT2D eigenvalue weighted by atomic mass is 10.1. The number of aliphatic hydroxyl groups is 1. The third-order valence-corrected chi connectivity index (χ3v) is 1.72. The van der Waals surface area contributed by atoms with Crippen molar-refractivity contribution in [3.8, 4) is 0 Å². The fourth-order valence-electron chi connectivity index (χ4n) is 1.06. The molecule has 5 nitrogen and oxygen atoms in total. The van der Waals surface area contributed by atoms with Crippen molar-refractivity contribution in [2.45, 2.75) is 33.2 Å². The highest BCUT2D eigenvalue weighted by atomic mass is 16.3. The zero-order valence-electron chi connectivity index (χ0n) is 9.83. The van der Waals surface area contributed by atoms with E-state index in [0.29, 0.717) is 6.54 Å². The summed E-state index contributed by atoms with van der Waals surface area (Å²) in [7, 11) is 0. The van der Waals surface area contributed by atoms with Crippen LogP contribution in [0.1, 0.15) is 27.7 Å². The Morgan fingerprint density at radius 1 is 1.33 bits per heavy atom. The minimum absolute atomic E-state index is 0.137. The molecule has 0 unspecified atom stereocenters. The van der Waals surface area contributed by atoms with Gasteiger partial charge in [0.2, 0.25) is 0 Å². The van der Waals surface area contributed by atoms with Gasteiger partial charge in [-0.25, -0.2) is 0 Å². The second-order valence-corrected chi connectivity index (χ2v) is 4.31. The van der Waals surface area contributed by atoms with E-state index in [1.807, 2.05) is 0 Å². The molecule has 0 aromatic rings. The van der Waals surface area contributed by atoms with E-state index in [0.717, 1.165) is 0 Å². The summed E-state index contributed by atoms with van der Waals surface area (Å²) < 4.78 is 0. The third-order valence-electron chi connectivity index (χ3n) is 1.72. The Balaban J connectivity index is 4.36. The lowest BCUT2D eigenvalue weighted by molar-refractivity contribution is -0.146. The van der Waals surface area contributed by atoms with Crippen molar-refractivity contribution >= 4 is 11.8 Å². The fraction of sp³-hybridized carbons (Fsp3) is 0.800. The zero-order chi connectivity index (χ0) is 12.1. The van der Waals surface area contributed by atoms with Crippen molar-refractivity contribution in [3.05, 3.63) is 0 Å². The van der Waals surface area contributed by atoms with E-state index < -0.39 is 17.4 Å². The lowest BCUT2D eigenvalue weighted by Crippen LogP contribution is -2.50. The summed E-state index contributed by atoms with van der Waals surface area (Å²) in [6.07, 6.45) is 0. The van der Waals surface area contributed by atoms with Gasteiger partial charge in [0.15, 0.2) is 0 Å². The van der Waals surface area contributed by atoms with Crippen molar-refractivity contribution < 1.29 is 14.7 Å². The highest BCUT2D eigenvalue weighted by Gasteiger charge is 2.23. The molecule has 0 atom stereocenters. The van der Waals surface area contributed by atoms with Gasteiger partial charge in [-0.2, -0.15) is 0 Å². The Hall–Kier alpha value is -1.10. The molecule has 5 heteroatoms. The minimum atomic E-state index is -0.627. The van der Waals surface area contributed by atoms with E-state index in [2.05, 4.69) is 5.32 Å². The van der Waals surface area contributed by atoms with E-state index in [4.69, 9.17) is 5.11 Å². The summed E-state index contributed by atoms with van der Waals surface area (Å²) in [6, 6.07) is 0. The topological polar surface area (TPSA) is 69.6 Å². The summed E-state index contributed by atoms with van der Waals surface area (Å²) >= 11 is 0. The summed E-state index contributed by atoms with van der Waals surface area (Å²) in [6.45, 7) is 7.64. The molecular formula is C10H20N2O3. The SMILES string of the molecule is CCN(CCO)C(=O)C(=O)NC(C)(C)C. The third kappa shape index (κ3) is 5.37. The minimum Gasteiger partial charge on any atom is -0.395 e. The standard InChI is InChI=1S/C10H20N2O3/c1-5-12(6-7-13)9(15)8(14)11-10(2,3)4/h13H,5-7H2,1-4H3,(H,11,14). The molecule has 0 aliphatic rings. The predicted octanol–water partition coefficient (Wildman–Crippen LogP) is -0.258. The summed E-state index contributed by atoms with van der Waals surface area (Å²) in [5, 5.41) is 11.3. The Kier molecular flexibility index (Phi) is 5.28. The number of nitrogens with zero attached hydrogens (tertiary/aromatic N) is 1. The van der Waals surface area contributed by atoms with Crippen LogP contribution in [0.3, 0.4) is 0 Å². The molecule has 0 spiro atoms. The molecule has 0 aliphatic carbocycles. The van der Waals surface area contributed by atoms with Gasteiger partial charge in [0.05, 0.1) is 6.61 Å². The molecule has 15 heavy (non-hydrogen) atoms. The van der Waals surface area contributed by atoms with Crippen molar-refractivity contribution in [1.29, 1.82) is 0 Å². The number of rotatable bonds is 3. The van der Waals surface area contributed by atoms with Crippen LogP contribution in [0.4, 0.5) is 0 Å². The lowest BCUT2D eigenvalue weighted by Gasteiger charge is -2.23. The van der Waals surface area contributed by atoms with Crippen molar-refractivity contribution in [1.82, 2.24) is 10.2 Å². The normalized spacial score (nSPS) is 11.0. The molecule has 0 aromatic heterocycles. The number of nitrogens with one attached hydrogen (secondary N) is 1. The first-order chi connectivity index (χ1) is 6.81. The van der Waals surface area contributed by atoms with Gasteiger partial charge < -0.3 is 15.3 Å². The molecule has 0 heterocycles. The number of hydrogen-bond acceptors (Lipinski definition) is 3. The van der Waals surface area contributed by atoms with Crippen LogP contribution in [0.25, 0.3) is 0 Å². The largest absolute Gasteiger partial charge is 0.395 e. The molecular weight excluding hydrogens is 196 g/mol. The zero-order valence-corrected chi connectivity index (χ0v) is 9.83. The first-order valence-corrected chi connectivity index (χ1v) is 5.04. The van der Waals surface area contributed by atoms with E-state index >= 15 is 0 Å². The molecule has 0 aromatic carbocycles. The summed E-state index contributed by atoms with van der Waals surface area (Å²) in [5.41, 5.74) is -0.425. The van der Waals surface area contributed by atoms with E-state index in [1.165, 1.54) is 4.90 Å². The molecule has 2 amide bonds. The Bertz CT molecular complexity index is 233. The maximum Gasteiger partial charge on any atom is 0.311 e. The van der Waals surface area contributed by atoms with Crippen LogP contribution in [0.5, 0.6) is 0 Å². The highest BCUT2D eigenvalue weighted by molar-refractivity contribution is 6.35. The Morgan fingerprint density at radius 3 is 2.20 bits per heavy atom. The molecule has 0 bridgehead atoms.